The van der Waals surface area contributed by atoms with E-state index in [0.29, 0.717) is 14.9 Å². The summed E-state index contributed by atoms with van der Waals surface area (Å²) in [6, 6.07) is 6.00. The molecule has 0 amide bonds. The topological polar surface area (TPSA) is 0 Å². The summed E-state index contributed by atoms with van der Waals surface area (Å²) in [6.45, 7) is 0. The van der Waals surface area contributed by atoms with Gasteiger partial charge >= 0.3 is 0 Å². The van der Waals surface area contributed by atoms with E-state index in [4.69, 9.17) is 23.2 Å². The molecule has 0 heterocycles. The van der Waals surface area contributed by atoms with Crippen LogP contribution in [-0.2, 0) is 6.42 Å². The van der Waals surface area contributed by atoms with Crippen LogP contribution in [0.1, 0.15) is 31.2 Å². The molecule has 0 radical (unpaired) electrons. The Morgan fingerprint density at radius 3 is 2.39 bits per heavy atom. The van der Waals surface area contributed by atoms with E-state index >= 15 is 0 Å². The minimum Gasteiger partial charge on any atom is -0.0884 e. The zero-order chi connectivity index (χ0) is 12.7. The lowest BCUT2D eigenvalue weighted by Gasteiger charge is -2.10. The molecule has 98 valence electrons. The number of rotatable bonds is 3. The highest BCUT2D eigenvalue weighted by molar-refractivity contribution is 9.09. The number of hydrogen-bond acceptors (Lipinski definition) is 0. The first-order valence-corrected chi connectivity index (χ1v) is 8.42. The van der Waals surface area contributed by atoms with Crippen LogP contribution in [0.15, 0.2) is 18.2 Å². The van der Waals surface area contributed by atoms with Crippen molar-refractivity contribution in [3.05, 3.63) is 33.8 Å². The van der Waals surface area contributed by atoms with Gasteiger partial charge in [-0.25, -0.2) is 0 Å². The second kappa shape index (κ2) is 5.34. The zero-order valence-corrected chi connectivity index (χ0v) is 13.3. The van der Waals surface area contributed by atoms with Crippen LogP contribution in [0.25, 0.3) is 0 Å². The molecule has 0 aliphatic heterocycles. The van der Waals surface area contributed by atoms with E-state index in [0.717, 1.165) is 24.2 Å². The quantitative estimate of drug-likeness (QED) is 0.612. The fraction of sp³-hybridized carbons (Fsp3) is 0.600. The van der Waals surface area contributed by atoms with Crippen molar-refractivity contribution in [1.29, 1.82) is 0 Å². The van der Waals surface area contributed by atoms with Gasteiger partial charge in [0.1, 0.15) is 0 Å². The number of hydrogen-bond donors (Lipinski definition) is 0. The highest BCUT2D eigenvalue weighted by Gasteiger charge is 2.53. The third kappa shape index (κ3) is 2.59. The molecule has 3 atom stereocenters. The van der Waals surface area contributed by atoms with E-state index in [1.807, 2.05) is 12.1 Å². The van der Waals surface area contributed by atoms with E-state index < -0.39 is 0 Å². The number of fused-ring (bicyclic) bond motifs is 1. The average molecular weight is 348 g/mol. The molecule has 0 bridgehead atoms. The fourth-order valence-electron chi connectivity index (χ4n) is 3.61. The second-order valence-electron chi connectivity index (χ2n) is 5.66. The van der Waals surface area contributed by atoms with Gasteiger partial charge in [-0.1, -0.05) is 58.0 Å². The number of benzene rings is 1. The van der Waals surface area contributed by atoms with Crippen LogP contribution in [0, 0.1) is 17.8 Å². The van der Waals surface area contributed by atoms with Crippen LogP contribution < -0.4 is 0 Å². The fourth-order valence-corrected chi connectivity index (χ4v) is 5.09. The monoisotopic (exact) mass is 346 g/mol. The largest absolute Gasteiger partial charge is 0.0884 e. The van der Waals surface area contributed by atoms with E-state index in [-0.39, 0.29) is 0 Å². The van der Waals surface area contributed by atoms with Gasteiger partial charge in [-0.3, -0.25) is 0 Å². The van der Waals surface area contributed by atoms with Crippen LogP contribution in [0.5, 0.6) is 0 Å². The van der Waals surface area contributed by atoms with Crippen LogP contribution in [0.4, 0.5) is 0 Å². The molecule has 2 saturated carbocycles. The molecule has 3 unspecified atom stereocenters. The summed E-state index contributed by atoms with van der Waals surface area (Å²) >= 11 is 15.9. The molecule has 2 aliphatic carbocycles. The normalized spacial score (nSPS) is 31.8. The van der Waals surface area contributed by atoms with Gasteiger partial charge in [-0.15, -0.1) is 0 Å². The molecular weight excluding hydrogens is 331 g/mol. The number of alkyl halides is 1. The van der Waals surface area contributed by atoms with Crippen molar-refractivity contribution in [1.82, 2.24) is 0 Å². The maximum absolute atomic E-state index is 6.07. The Labute approximate surface area is 127 Å². The second-order valence-corrected chi connectivity index (χ2v) is 7.65. The molecule has 0 N–H and O–H groups in total. The molecule has 0 aromatic heterocycles. The first-order chi connectivity index (χ1) is 8.66. The van der Waals surface area contributed by atoms with Crippen molar-refractivity contribution in [3.8, 4) is 0 Å². The van der Waals surface area contributed by atoms with Crippen LogP contribution in [-0.4, -0.2) is 4.83 Å². The predicted octanol–water partition coefficient (Wildman–Crippen LogP) is 5.74. The molecule has 3 heteroatoms. The summed E-state index contributed by atoms with van der Waals surface area (Å²) < 4.78 is 0. The Hall–Kier alpha value is 0.280. The maximum atomic E-state index is 6.07. The Bertz CT molecular complexity index is 434. The molecule has 2 aliphatic rings. The van der Waals surface area contributed by atoms with E-state index in [2.05, 4.69) is 22.0 Å². The standard InChI is InChI=1S/C15H17BrCl2/c16-12(15-10-3-1-2-4-11(10)15)7-9-5-6-13(17)14(18)8-9/h5-6,8,10-12,15H,1-4,7H2. The van der Waals surface area contributed by atoms with E-state index in [1.54, 1.807) is 0 Å². The lowest BCUT2D eigenvalue weighted by Crippen LogP contribution is -2.07. The van der Waals surface area contributed by atoms with Crippen LogP contribution >= 0.6 is 39.1 Å². The Balaban J connectivity index is 1.64. The first-order valence-electron chi connectivity index (χ1n) is 6.75. The SMILES string of the molecule is Clc1ccc(CC(Br)C2C3CCCCC32)cc1Cl. The van der Waals surface area contributed by atoms with Gasteiger partial charge in [0.2, 0.25) is 0 Å². The summed E-state index contributed by atoms with van der Waals surface area (Å²) in [6.07, 6.45) is 6.82. The van der Waals surface area contributed by atoms with Crippen molar-refractivity contribution in [2.75, 3.05) is 0 Å². The van der Waals surface area contributed by atoms with Gasteiger partial charge in [-0.2, -0.15) is 0 Å². The lowest BCUT2D eigenvalue weighted by molar-refractivity contribution is 0.480. The third-order valence-corrected chi connectivity index (χ3v) is 6.23. The smallest absolute Gasteiger partial charge is 0.0595 e. The minimum atomic E-state index is 0.600. The van der Waals surface area contributed by atoms with Gasteiger partial charge in [0.25, 0.3) is 0 Å². The summed E-state index contributed by atoms with van der Waals surface area (Å²) in [7, 11) is 0. The van der Waals surface area contributed by atoms with Crippen LogP contribution in [0.2, 0.25) is 10.0 Å². The average Bonchev–Trinajstić information content (AvgIpc) is 3.08. The van der Waals surface area contributed by atoms with Gasteiger partial charge in [-0.05, 0) is 54.7 Å². The summed E-state index contributed by atoms with van der Waals surface area (Å²) in [4.78, 5) is 0.600. The molecular formula is C15H17BrCl2. The third-order valence-electron chi connectivity index (χ3n) is 4.56. The summed E-state index contributed by atoms with van der Waals surface area (Å²) in [5.41, 5.74) is 1.29. The molecule has 0 nitrogen and oxygen atoms in total. The lowest BCUT2D eigenvalue weighted by atomic mass is 10.0. The molecule has 18 heavy (non-hydrogen) atoms. The van der Waals surface area contributed by atoms with E-state index in [9.17, 15) is 0 Å². The van der Waals surface area contributed by atoms with Crippen molar-refractivity contribution >= 4 is 39.1 Å². The van der Waals surface area contributed by atoms with Gasteiger partial charge in [0, 0.05) is 4.83 Å². The Morgan fingerprint density at radius 1 is 1.11 bits per heavy atom. The Morgan fingerprint density at radius 2 is 1.78 bits per heavy atom. The van der Waals surface area contributed by atoms with E-state index in [1.165, 1.54) is 31.2 Å². The van der Waals surface area contributed by atoms with Gasteiger partial charge in [0.15, 0.2) is 0 Å². The first kappa shape index (κ1) is 13.3. The molecule has 1 aromatic carbocycles. The van der Waals surface area contributed by atoms with Crippen molar-refractivity contribution in [2.45, 2.75) is 36.9 Å². The summed E-state index contributed by atoms with van der Waals surface area (Å²) in [5.74, 6) is 2.87. The molecule has 3 rings (SSSR count). The molecule has 0 spiro atoms. The molecule has 0 saturated heterocycles. The van der Waals surface area contributed by atoms with Crippen molar-refractivity contribution in [2.24, 2.45) is 17.8 Å². The maximum Gasteiger partial charge on any atom is 0.0595 e. The predicted molar refractivity (Wildman–Crippen MR) is 81.8 cm³/mol. The van der Waals surface area contributed by atoms with Crippen LogP contribution in [0.3, 0.4) is 0 Å². The van der Waals surface area contributed by atoms with Gasteiger partial charge in [0.05, 0.1) is 10.0 Å². The highest BCUT2D eigenvalue weighted by atomic mass is 79.9. The van der Waals surface area contributed by atoms with Crippen molar-refractivity contribution in [3.63, 3.8) is 0 Å². The zero-order valence-electron chi connectivity index (χ0n) is 10.2. The minimum absolute atomic E-state index is 0.600. The molecule has 2 fully saturated rings. The number of halogens is 3. The molecule has 1 aromatic rings. The highest BCUT2D eigenvalue weighted by Crippen LogP contribution is 2.58. The Kier molecular flexibility index (Phi) is 3.94. The summed E-state index contributed by atoms with van der Waals surface area (Å²) in [5, 5.41) is 1.31. The van der Waals surface area contributed by atoms with Gasteiger partial charge < -0.3 is 0 Å². The van der Waals surface area contributed by atoms with Crippen molar-refractivity contribution < 1.29 is 0 Å².